The van der Waals surface area contributed by atoms with Crippen LogP contribution in [0.2, 0.25) is 5.02 Å². The van der Waals surface area contributed by atoms with Crippen LogP contribution in [0.15, 0.2) is 82.0 Å². The van der Waals surface area contributed by atoms with Crippen molar-refractivity contribution < 1.29 is 31.9 Å². The molecule has 5 nitrogen and oxygen atoms in total. The molecule has 0 N–H and O–H groups in total. The molecule has 4 aromatic carbocycles. The van der Waals surface area contributed by atoms with Crippen LogP contribution in [0.5, 0.6) is 17.2 Å². The minimum Gasteiger partial charge on any atom is -0.449 e. The number of halogens is 4. The molecule has 5 aromatic rings. The summed E-state index contributed by atoms with van der Waals surface area (Å²) in [5, 5.41) is 1.73. The highest BCUT2D eigenvalue weighted by Gasteiger charge is 2.40. The number of aryl methyl sites for hydroxylation is 2. The van der Waals surface area contributed by atoms with Crippen LogP contribution in [0.1, 0.15) is 27.2 Å². The highest BCUT2D eigenvalue weighted by atomic mass is 35.5. The quantitative estimate of drug-likeness (QED) is 0.170. The first-order valence-electron chi connectivity index (χ1n) is 11.4. The molecule has 5 rings (SSSR count). The Bertz CT molecular complexity index is 1760. The van der Waals surface area contributed by atoms with Gasteiger partial charge in [0.25, 0.3) is 5.76 Å². The number of esters is 1. The van der Waals surface area contributed by atoms with Crippen LogP contribution in [-0.2, 0) is 6.18 Å². The van der Waals surface area contributed by atoms with Crippen molar-refractivity contribution in [3.8, 4) is 17.2 Å². The maximum absolute atomic E-state index is 13.9. The molecule has 0 unspecified atom stereocenters. The van der Waals surface area contributed by atoms with Crippen molar-refractivity contribution in [1.82, 2.24) is 0 Å². The Kier molecular flexibility index (Phi) is 6.36. The maximum Gasteiger partial charge on any atom is 0.453 e. The number of benzene rings is 4. The fourth-order valence-electron chi connectivity index (χ4n) is 4.15. The van der Waals surface area contributed by atoms with Crippen molar-refractivity contribution >= 4 is 39.3 Å². The average molecular weight is 539 g/mol. The summed E-state index contributed by atoms with van der Waals surface area (Å²) in [5.41, 5.74) is -0.0360. The van der Waals surface area contributed by atoms with E-state index in [1.165, 1.54) is 24.3 Å². The largest absolute Gasteiger partial charge is 0.453 e. The van der Waals surface area contributed by atoms with Crippen molar-refractivity contribution in [3.63, 3.8) is 0 Å². The van der Waals surface area contributed by atoms with E-state index < -0.39 is 34.7 Å². The number of fused-ring (bicyclic) bond motifs is 2. The van der Waals surface area contributed by atoms with Crippen LogP contribution in [-0.4, -0.2) is 5.97 Å². The van der Waals surface area contributed by atoms with E-state index in [1.54, 1.807) is 38.1 Å². The Hall–Kier alpha value is -4.30. The third-order valence-electron chi connectivity index (χ3n) is 5.93. The lowest BCUT2D eigenvalue weighted by molar-refractivity contribution is -0.154. The van der Waals surface area contributed by atoms with Gasteiger partial charge in [-0.1, -0.05) is 48.0 Å². The molecule has 0 saturated carbocycles. The van der Waals surface area contributed by atoms with Gasteiger partial charge in [-0.2, -0.15) is 13.2 Å². The van der Waals surface area contributed by atoms with E-state index in [0.717, 1.165) is 11.5 Å². The van der Waals surface area contributed by atoms with Gasteiger partial charge in [-0.3, -0.25) is 4.79 Å². The van der Waals surface area contributed by atoms with Gasteiger partial charge in [0.05, 0.1) is 10.9 Å². The molecule has 0 radical (unpaired) electrons. The maximum atomic E-state index is 13.9. The fraction of sp³-hybridized carbons (Fsp3) is 0.103. The molecule has 0 aliphatic heterocycles. The van der Waals surface area contributed by atoms with Crippen molar-refractivity contribution in [2.24, 2.45) is 0 Å². The number of carbonyl (C=O) groups excluding carboxylic acids is 1. The first-order valence-corrected chi connectivity index (χ1v) is 11.7. The van der Waals surface area contributed by atoms with E-state index >= 15 is 0 Å². The molecule has 0 spiro atoms. The number of rotatable bonds is 4. The highest BCUT2D eigenvalue weighted by Crippen LogP contribution is 2.39. The van der Waals surface area contributed by atoms with Gasteiger partial charge in [-0.25, -0.2) is 4.79 Å². The topological polar surface area (TPSA) is 65.7 Å². The monoisotopic (exact) mass is 538 g/mol. The zero-order valence-electron chi connectivity index (χ0n) is 20.0. The summed E-state index contributed by atoms with van der Waals surface area (Å²) in [4.78, 5) is 26.0. The summed E-state index contributed by atoms with van der Waals surface area (Å²) < 4.78 is 57.8. The third-order valence-corrected chi connectivity index (χ3v) is 6.53. The molecular weight excluding hydrogens is 521 g/mol. The number of alkyl halides is 3. The van der Waals surface area contributed by atoms with Gasteiger partial charge < -0.3 is 13.9 Å². The van der Waals surface area contributed by atoms with Gasteiger partial charge in [-0.05, 0) is 66.1 Å². The molecule has 1 aromatic heterocycles. The van der Waals surface area contributed by atoms with Crippen LogP contribution >= 0.6 is 11.6 Å². The Morgan fingerprint density at radius 3 is 2.26 bits per heavy atom. The minimum atomic E-state index is -5.05. The third kappa shape index (κ3) is 4.70. The predicted octanol–water partition coefficient (Wildman–Crippen LogP) is 8.25. The van der Waals surface area contributed by atoms with Crippen LogP contribution in [0.3, 0.4) is 0 Å². The summed E-state index contributed by atoms with van der Waals surface area (Å²) in [7, 11) is 0. The van der Waals surface area contributed by atoms with Crippen molar-refractivity contribution in [1.29, 1.82) is 0 Å². The molecule has 192 valence electrons. The second-order valence-electron chi connectivity index (χ2n) is 8.63. The second kappa shape index (κ2) is 9.54. The summed E-state index contributed by atoms with van der Waals surface area (Å²) >= 11 is 6.13. The fourth-order valence-corrected chi connectivity index (χ4v) is 4.26. The predicted molar refractivity (Wildman–Crippen MR) is 137 cm³/mol. The van der Waals surface area contributed by atoms with Crippen molar-refractivity contribution in [2.75, 3.05) is 0 Å². The Labute approximate surface area is 219 Å². The Morgan fingerprint density at radius 2 is 1.55 bits per heavy atom. The number of ether oxygens (including phenoxy) is 2. The molecule has 1 heterocycles. The van der Waals surface area contributed by atoms with Crippen LogP contribution in [0.25, 0.3) is 21.7 Å². The number of hydrogen-bond donors (Lipinski definition) is 0. The van der Waals surface area contributed by atoms with E-state index in [2.05, 4.69) is 0 Å². The van der Waals surface area contributed by atoms with Gasteiger partial charge in [0.1, 0.15) is 17.1 Å². The molecule has 9 heteroatoms. The van der Waals surface area contributed by atoms with Gasteiger partial charge in [0.15, 0.2) is 0 Å². The van der Waals surface area contributed by atoms with Crippen LogP contribution in [0, 0.1) is 13.8 Å². The SMILES string of the molecule is Cc1cc(Oc2c(C(F)(F)F)oc3cc(OC(=O)c4cccc5ccccc45)ccc3c2=O)cc(C)c1Cl. The Morgan fingerprint density at radius 1 is 0.868 bits per heavy atom. The van der Waals surface area contributed by atoms with Gasteiger partial charge >= 0.3 is 12.1 Å². The summed E-state index contributed by atoms with van der Waals surface area (Å²) in [6.07, 6.45) is -5.05. The molecule has 38 heavy (non-hydrogen) atoms. The second-order valence-corrected chi connectivity index (χ2v) is 9.01. The van der Waals surface area contributed by atoms with E-state index in [4.69, 9.17) is 25.5 Å². The zero-order chi connectivity index (χ0) is 27.2. The first kappa shape index (κ1) is 25.4. The zero-order valence-corrected chi connectivity index (χ0v) is 20.7. The molecule has 0 atom stereocenters. The molecule has 0 amide bonds. The first-order chi connectivity index (χ1) is 18.0. The molecule has 0 fully saturated rings. The lowest BCUT2D eigenvalue weighted by atomic mass is 10.0. The summed E-state index contributed by atoms with van der Waals surface area (Å²) in [6, 6.07) is 18.7. The number of carbonyl (C=O) groups is 1. The van der Waals surface area contributed by atoms with E-state index in [9.17, 15) is 22.8 Å². The van der Waals surface area contributed by atoms with E-state index in [1.807, 2.05) is 18.2 Å². The Balaban J connectivity index is 1.55. The van der Waals surface area contributed by atoms with Gasteiger partial charge in [0.2, 0.25) is 11.2 Å². The average Bonchev–Trinajstić information content (AvgIpc) is 2.87. The smallest absolute Gasteiger partial charge is 0.449 e. The summed E-state index contributed by atoms with van der Waals surface area (Å²) in [6.45, 7) is 3.33. The molecule has 0 aliphatic carbocycles. The summed E-state index contributed by atoms with van der Waals surface area (Å²) in [5.74, 6) is -3.43. The van der Waals surface area contributed by atoms with Crippen LogP contribution < -0.4 is 14.9 Å². The van der Waals surface area contributed by atoms with Crippen molar-refractivity contribution in [3.05, 3.63) is 110 Å². The van der Waals surface area contributed by atoms with E-state index in [0.29, 0.717) is 21.5 Å². The van der Waals surface area contributed by atoms with Gasteiger partial charge in [0, 0.05) is 11.1 Å². The minimum absolute atomic E-state index is 0.00203. The lowest BCUT2D eigenvalue weighted by Gasteiger charge is -2.15. The molecule has 0 bridgehead atoms. The van der Waals surface area contributed by atoms with E-state index in [-0.39, 0.29) is 22.4 Å². The normalized spacial score (nSPS) is 11.6. The van der Waals surface area contributed by atoms with Gasteiger partial charge in [-0.15, -0.1) is 0 Å². The highest BCUT2D eigenvalue weighted by molar-refractivity contribution is 6.32. The standard InChI is InChI=1S/C29H18ClF3O5/c1-15-12-19(13-16(2)24(15)30)36-26-25(34)22-11-10-18(14-23(22)38-27(26)29(31,32)33)37-28(35)21-9-5-7-17-6-3-4-8-20(17)21/h3-14H,1-2H3. The molecule has 0 aliphatic rings. The number of hydrogen-bond acceptors (Lipinski definition) is 5. The molecular formula is C29H18ClF3O5. The van der Waals surface area contributed by atoms with Crippen molar-refractivity contribution in [2.45, 2.75) is 20.0 Å². The molecule has 0 saturated heterocycles. The lowest BCUT2D eigenvalue weighted by Crippen LogP contribution is -2.16. The van der Waals surface area contributed by atoms with Crippen LogP contribution in [0.4, 0.5) is 13.2 Å².